The molecule has 39 heavy (non-hydrogen) atoms. The number of hydrogen-bond acceptors (Lipinski definition) is 9. The molecule has 0 radical (unpaired) electrons. The number of amides is 1. The molecule has 0 bridgehead atoms. The molecule has 1 amide bonds. The fourth-order valence-corrected chi connectivity index (χ4v) is 6.80. The molecule has 2 fully saturated rings. The molecular formula is C29H32N2O8. The highest BCUT2D eigenvalue weighted by Gasteiger charge is 2.67. The number of aromatic hydroxyl groups is 1. The minimum atomic E-state index is -2.68. The number of phenols is 1. The number of Topliss-reactive ketones (excluding diaryl/α,β-unsaturated/α-hetero) is 2. The van der Waals surface area contributed by atoms with Crippen molar-refractivity contribution in [2.45, 2.75) is 37.5 Å². The van der Waals surface area contributed by atoms with Crippen LogP contribution in [0.15, 0.2) is 42.0 Å². The minimum Gasteiger partial charge on any atom is -0.507 e. The average molecular weight is 537 g/mol. The van der Waals surface area contributed by atoms with Gasteiger partial charge in [0.25, 0.3) is 0 Å². The summed E-state index contributed by atoms with van der Waals surface area (Å²) in [6, 6.07) is 9.58. The standard InChI is InChI=1S/C29H32N2O8/c1-4-39-15-7-5-6-13(10-15)16-8-9-19(32)21-17(16)11-14-12-18-23(31(2)3)25(34)22(28(30)37)27(36)29(18,38)26(35)20(14)24(21)33/h5-10,14,18,22-23,25,32-34,38H,4,11-12H2,1-3H3,(H2,30,37)/t14-,18-,22?,23-,25?,29-/m0/s1. The summed E-state index contributed by atoms with van der Waals surface area (Å²) in [5, 5.41) is 44.9. The van der Waals surface area contributed by atoms with Gasteiger partial charge in [0, 0.05) is 17.5 Å². The van der Waals surface area contributed by atoms with Gasteiger partial charge < -0.3 is 35.8 Å². The zero-order valence-electron chi connectivity index (χ0n) is 21.9. The van der Waals surface area contributed by atoms with E-state index in [1.165, 1.54) is 6.07 Å². The van der Waals surface area contributed by atoms with Gasteiger partial charge in [-0.1, -0.05) is 18.2 Å². The van der Waals surface area contributed by atoms with Crippen molar-refractivity contribution in [3.8, 4) is 22.6 Å². The Morgan fingerprint density at radius 2 is 1.90 bits per heavy atom. The predicted octanol–water partition coefficient (Wildman–Crippen LogP) is 1.19. The summed E-state index contributed by atoms with van der Waals surface area (Å²) in [6.07, 6.45) is -1.25. The molecule has 5 rings (SSSR count). The van der Waals surface area contributed by atoms with Crippen LogP contribution in [0.3, 0.4) is 0 Å². The Kier molecular flexibility index (Phi) is 6.53. The largest absolute Gasteiger partial charge is 0.507 e. The summed E-state index contributed by atoms with van der Waals surface area (Å²) < 4.78 is 5.63. The van der Waals surface area contributed by atoms with Crippen LogP contribution in [0.2, 0.25) is 0 Å². The molecule has 10 nitrogen and oxygen atoms in total. The second-order valence-corrected chi connectivity index (χ2v) is 10.7. The van der Waals surface area contributed by atoms with Gasteiger partial charge in [-0.2, -0.15) is 0 Å². The number of phenolic OH excluding ortho intramolecular Hbond substituents is 1. The predicted molar refractivity (Wildman–Crippen MR) is 141 cm³/mol. The van der Waals surface area contributed by atoms with Crippen molar-refractivity contribution in [1.82, 2.24) is 4.90 Å². The fraction of sp³-hybridized carbons (Fsp3) is 0.414. The summed E-state index contributed by atoms with van der Waals surface area (Å²) in [7, 11) is 3.24. The maximum absolute atomic E-state index is 13.9. The van der Waals surface area contributed by atoms with Crippen molar-refractivity contribution in [3.63, 3.8) is 0 Å². The van der Waals surface area contributed by atoms with E-state index in [4.69, 9.17) is 10.5 Å². The topological polar surface area (TPSA) is 171 Å². The van der Waals surface area contributed by atoms with Gasteiger partial charge in [-0.25, -0.2) is 0 Å². The lowest BCUT2D eigenvalue weighted by Crippen LogP contribution is -2.73. The molecule has 2 aromatic carbocycles. The number of aliphatic hydroxyl groups excluding tert-OH is 2. The number of ether oxygens (including phenoxy) is 1. The quantitative estimate of drug-likeness (QED) is 0.352. The van der Waals surface area contributed by atoms with Gasteiger partial charge in [-0.05, 0) is 74.7 Å². The number of nitrogens with two attached hydrogens (primary N) is 1. The first-order valence-corrected chi connectivity index (χ1v) is 12.9. The van der Waals surface area contributed by atoms with E-state index in [2.05, 4.69) is 0 Å². The van der Waals surface area contributed by atoms with Crippen LogP contribution in [-0.2, 0) is 20.8 Å². The molecule has 2 saturated carbocycles. The lowest BCUT2D eigenvalue weighted by Gasteiger charge is -2.53. The van der Waals surface area contributed by atoms with Gasteiger partial charge in [0.15, 0.2) is 11.4 Å². The molecule has 0 spiro atoms. The zero-order chi connectivity index (χ0) is 28.4. The van der Waals surface area contributed by atoms with E-state index in [1.807, 2.05) is 31.2 Å². The number of carbonyl (C=O) groups is 3. The van der Waals surface area contributed by atoms with Crippen molar-refractivity contribution in [1.29, 1.82) is 0 Å². The summed E-state index contributed by atoms with van der Waals surface area (Å²) in [6.45, 7) is 2.35. The minimum absolute atomic E-state index is 0.0508. The number of benzene rings is 2. The van der Waals surface area contributed by atoms with Crippen LogP contribution >= 0.6 is 0 Å². The molecule has 3 aliphatic rings. The maximum Gasteiger partial charge on any atom is 0.230 e. The number of nitrogens with zero attached hydrogens (tertiary/aromatic N) is 1. The number of hydrogen-bond donors (Lipinski definition) is 5. The van der Waals surface area contributed by atoms with Crippen LogP contribution in [0, 0.1) is 17.8 Å². The summed E-state index contributed by atoms with van der Waals surface area (Å²) >= 11 is 0. The van der Waals surface area contributed by atoms with E-state index < -0.39 is 58.7 Å². The van der Waals surface area contributed by atoms with Crippen molar-refractivity contribution >= 4 is 23.2 Å². The number of rotatable bonds is 5. The van der Waals surface area contributed by atoms with Crippen molar-refractivity contribution < 1.29 is 39.5 Å². The lowest BCUT2D eigenvalue weighted by molar-refractivity contribution is -0.184. The first-order valence-electron chi connectivity index (χ1n) is 12.9. The zero-order valence-corrected chi connectivity index (χ0v) is 21.9. The molecule has 2 aromatic rings. The molecule has 6 atom stereocenters. The summed E-state index contributed by atoms with van der Waals surface area (Å²) in [4.78, 5) is 41.1. The monoisotopic (exact) mass is 536 g/mol. The number of likely N-dealkylation sites (N-methyl/N-ethyl adjacent to an activating group) is 1. The Bertz CT molecular complexity index is 1420. The lowest BCUT2D eigenvalue weighted by atomic mass is 9.54. The first kappa shape index (κ1) is 26.9. The molecular weight excluding hydrogens is 504 g/mol. The van der Waals surface area contributed by atoms with Gasteiger partial charge in [-0.15, -0.1) is 0 Å². The third-order valence-electron chi connectivity index (χ3n) is 8.43. The third-order valence-corrected chi connectivity index (χ3v) is 8.43. The molecule has 0 aliphatic heterocycles. The summed E-state index contributed by atoms with van der Waals surface area (Å²) in [5.41, 5.74) is 4.72. The van der Waals surface area contributed by atoms with Crippen LogP contribution < -0.4 is 10.5 Å². The SMILES string of the molecule is CCOc1cccc(-c2ccc(O)c3c2C[C@H]2C[C@H]4[C@H](N(C)C)C(O)C(C(N)=O)C(=O)[C@@]4(O)C(=O)C2=C3O)c1. The molecule has 2 unspecified atom stereocenters. The van der Waals surface area contributed by atoms with Gasteiger partial charge in [0.05, 0.1) is 18.3 Å². The van der Waals surface area contributed by atoms with E-state index in [1.54, 1.807) is 25.1 Å². The Morgan fingerprint density at radius 3 is 2.54 bits per heavy atom. The Morgan fingerprint density at radius 1 is 1.18 bits per heavy atom. The molecule has 0 saturated heterocycles. The van der Waals surface area contributed by atoms with Gasteiger partial charge in [0.2, 0.25) is 11.7 Å². The highest BCUT2D eigenvalue weighted by atomic mass is 16.5. The Balaban J connectivity index is 1.68. The second kappa shape index (κ2) is 9.48. The van der Waals surface area contributed by atoms with E-state index in [9.17, 15) is 34.8 Å². The number of fused-ring (bicyclic) bond motifs is 3. The number of ketones is 2. The molecule has 206 valence electrons. The fourth-order valence-electron chi connectivity index (χ4n) is 6.80. The van der Waals surface area contributed by atoms with Crippen molar-refractivity contribution in [2.24, 2.45) is 23.5 Å². The number of aliphatic hydroxyl groups is 3. The van der Waals surface area contributed by atoms with Crippen molar-refractivity contribution in [3.05, 3.63) is 53.1 Å². The first-order chi connectivity index (χ1) is 18.4. The highest BCUT2D eigenvalue weighted by molar-refractivity contribution is 6.25. The normalized spacial score (nSPS) is 30.1. The number of carbonyl (C=O) groups excluding carboxylic acids is 3. The van der Waals surface area contributed by atoms with E-state index in [0.29, 0.717) is 17.9 Å². The van der Waals surface area contributed by atoms with Crippen LogP contribution in [-0.4, -0.2) is 81.2 Å². The van der Waals surface area contributed by atoms with E-state index >= 15 is 0 Å². The summed E-state index contributed by atoms with van der Waals surface area (Å²) in [5.74, 6) is -6.97. The Labute approximate surface area is 225 Å². The average Bonchev–Trinajstić information content (AvgIpc) is 2.86. The maximum atomic E-state index is 13.9. The van der Waals surface area contributed by atoms with Crippen LogP contribution in [0.4, 0.5) is 0 Å². The van der Waals surface area contributed by atoms with Crippen LogP contribution in [0.1, 0.15) is 24.5 Å². The van der Waals surface area contributed by atoms with Crippen LogP contribution in [0.25, 0.3) is 16.9 Å². The Hall–Kier alpha value is -3.73. The molecule has 3 aliphatic carbocycles. The van der Waals surface area contributed by atoms with Crippen molar-refractivity contribution in [2.75, 3.05) is 20.7 Å². The molecule has 0 aromatic heterocycles. The highest BCUT2D eigenvalue weighted by Crippen LogP contribution is 2.53. The molecule has 6 N–H and O–H groups in total. The van der Waals surface area contributed by atoms with Gasteiger partial charge >= 0.3 is 0 Å². The molecule has 10 heteroatoms. The third kappa shape index (κ3) is 3.85. The van der Waals surface area contributed by atoms with Gasteiger partial charge in [-0.3, -0.25) is 14.4 Å². The smallest absolute Gasteiger partial charge is 0.230 e. The molecule has 0 heterocycles. The van der Waals surface area contributed by atoms with Crippen LogP contribution in [0.5, 0.6) is 11.5 Å². The van der Waals surface area contributed by atoms with E-state index in [-0.39, 0.29) is 29.7 Å². The number of primary amides is 1. The van der Waals surface area contributed by atoms with Gasteiger partial charge in [0.1, 0.15) is 23.2 Å². The van der Waals surface area contributed by atoms with E-state index in [0.717, 1.165) is 11.1 Å². The second-order valence-electron chi connectivity index (χ2n) is 10.7.